The highest BCUT2D eigenvalue weighted by atomic mass is 35.7. The van der Waals surface area contributed by atoms with Crippen molar-refractivity contribution >= 4 is 27.6 Å². The van der Waals surface area contributed by atoms with Crippen molar-refractivity contribution in [2.24, 2.45) is 0 Å². The third-order valence-corrected chi connectivity index (χ3v) is 4.36. The summed E-state index contributed by atoms with van der Waals surface area (Å²) in [6.45, 7) is 5.13. The Morgan fingerprint density at radius 1 is 1.43 bits per heavy atom. The lowest BCUT2D eigenvalue weighted by atomic mass is 10.2. The predicted octanol–water partition coefficient (Wildman–Crippen LogP) is 3.09. The Morgan fingerprint density at radius 3 is 2.61 bits per heavy atom. The number of ether oxygens (including phenoxy) is 1. The monoisotopic (exact) mass is 359 g/mol. The van der Waals surface area contributed by atoms with Gasteiger partial charge >= 0.3 is 11.7 Å². The summed E-state index contributed by atoms with van der Waals surface area (Å²) in [6, 6.07) is 2.34. The van der Waals surface area contributed by atoms with E-state index in [1.807, 2.05) is 0 Å². The molecule has 0 unspecified atom stereocenters. The van der Waals surface area contributed by atoms with E-state index < -0.39 is 17.5 Å². The summed E-state index contributed by atoms with van der Waals surface area (Å²) in [5.74, 6) is -1.59. The first-order valence-corrected chi connectivity index (χ1v) is 8.35. The summed E-state index contributed by atoms with van der Waals surface area (Å²) in [6.07, 6.45) is 0. The number of halogens is 2. The number of hydrogen-bond acceptors (Lipinski definition) is 5. The molecule has 2 rings (SSSR count). The fourth-order valence-corrected chi connectivity index (χ4v) is 2.95. The number of carbonyl (C=O) groups is 1. The maximum absolute atomic E-state index is 14.3. The van der Waals surface area contributed by atoms with E-state index in [9.17, 15) is 14.0 Å². The van der Waals surface area contributed by atoms with Crippen LogP contribution >= 0.6 is 21.7 Å². The van der Waals surface area contributed by atoms with Crippen LogP contribution in [0.3, 0.4) is 0 Å². The van der Waals surface area contributed by atoms with E-state index in [2.05, 4.69) is 9.84 Å². The van der Waals surface area contributed by atoms with Crippen LogP contribution in [0.4, 0.5) is 4.39 Å². The largest absolute Gasteiger partial charge is 0.463 e. The molecule has 0 N–H and O–H groups in total. The second-order valence-electron chi connectivity index (χ2n) is 5.12. The van der Waals surface area contributed by atoms with Crippen LogP contribution in [0.2, 0.25) is 0 Å². The summed E-state index contributed by atoms with van der Waals surface area (Å²) in [7, 11) is 7.85. The predicted molar refractivity (Wildman–Crippen MR) is 86.0 cm³/mol. The molecule has 124 valence electrons. The van der Waals surface area contributed by atoms with Gasteiger partial charge in [-0.25, -0.2) is 14.0 Å². The molecule has 0 amide bonds. The lowest BCUT2D eigenvalue weighted by Gasteiger charge is -2.07. The van der Waals surface area contributed by atoms with Crippen molar-refractivity contribution in [1.82, 2.24) is 14.3 Å². The van der Waals surface area contributed by atoms with Crippen molar-refractivity contribution in [1.29, 1.82) is 0 Å². The highest BCUT2D eigenvalue weighted by molar-refractivity contribution is 8.21. The van der Waals surface area contributed by atoms with Crippen LogP contribution in [-0.4, -0.2) is 27.4 Å². The van der Waals surface area contributed by atoms with Gasteiger partial charge in [-0.1, -0.05) is 0 Å². The third kappa shape index (κ3) is 3.13. The average molecular weight is 360 g/mol. The van der Waals surface area contributed by atoms with Gasteiger partial charge in [0, 0.05) is 10.9 Å². The molecule has 2 aromatic rings. The van der Waals surface area contributed by atoms with E-state index in [0.29, 0.717) is 10.5 Å². The number of aromatic nitrogens is 3. The number of carbonyl (C=O) groups excluding carboxylic acids is 1. The zero-order valence-electron chi connectivity index (χ0n) is 13.0. The average Bonchev–Trinajstić information content (AvgIpc) is 2.84. The van der Waals surface area contributed by atoms with Crippen molar-refractivity contribution in [3.05, 3.63) is 39.8 Å². The normalized spacial score (nSPS) is 11.1. The second kappa shape index (κ2) is 6.76. The van der Waals surface area contributed by atoms with E-state index >= 15 is 0 Å². The van der Waals surface area contributed by atoms with Gasteiger partial charge in [0.25, 0.3) is 0 Å². The number of rotatable bonds is 4. The summed E-state index contributed by atoms with van der Waals surface area (Å²) in [4.78, 5) is 25.0. The van der Waals surface area contributed by atoms with Crippen LogP contribution < -0.4 is 5.69 Å². The van der Waals surface area contributed by atoms with Gasteiger partial charge in [0.1, 0.15) is 11.5 Å². The molecule has 23 heavy (non-hydrogen) atoms. The number of methoxy groups -OCH3 is 1. The van der Waals surface area contributed by atoms with E-state index in [4.69, 9.17) is 10.7 Å². The van der Waals surface area contributed by atoms with E-state index in [1.54, 1.807) is 20.8 Å². The Kier molecular flexibility index (Phi) is 5.16. The van der Waals surface area contributed by atoms with Gasteiger partial charge in [0.05, 0.1) is 7.11 Å². The molecule has 0 radical (unpaired) electrons. The first-order valence-electron chi connectivity index (χ1n) is 6.70. The first-order chi connectivity index (χ1) is 10.8. The molecule has 6 nitrogen and oxygen atoms in total. The summed E-state index contributed by atoms with van der Waals surface area (Å²) >= 11 is 0. The van der Waals surface area contributed by atoms with Gasteiger partial charge < -0.3 is 4.74 Å². The molecular formula is C14H15ClFN3O3S. The highest BCUT2D eigenvalue weighted by Gasteiger charge is 2.24. The number of esters is 1. The SMILES string of the molecule is COC(=O)c1nn(-c2cc(SCl)c(C)cc2F)c(=O)n1C(C)C. The summed E-state index contributed by atoms with van der Waals surface area (Å²) < 4.78 is 20.9. The van der Waals surface area contributed by atoms with Gasteiger partial charge in [-0.2, -0.15) is 4.68 Å². The lowest BCUT2D eigenvalue weighted by molar-refractivity contribution is 0.0578. The van der Waals surface area contributed by atoms with Crippen molar-refractivity contribution in [2.75, 3.05) is 7.11 Å². The van der Waals surface area contributed by atoms with Crippen molar-refractivity contribution in [3.63, 3.8) is 0 Å². The zero-order chi connectivity index (χ0) is 17.3. The molecule has 1 heterocycles. The molecule has 0 aliphatic heterocycles. The van der Waals surface area contributed by atoms with Crippen molar-refractivity contribution in [3.8, 4) is 5.69 Å². The lowest BCUT2D eigenvalue weighted by Crippen LogP contribution is -2.27. The second-order valence-corrected chi connectivity index (χ2v) is 6.18. The van der Waals surface area contributed by atoms with E-state index in [-0.39, 0.29) is 17.6 Å². The fourth-order valence-electron chi connectivity index (χ4n) is 2.12. The fraction of sp³-hybridized carbons (Fsp3) is 0.357. The Labute approximate surface area is 140 Å². The third-order valence-electron chi connectivity index (χ3n) is 3.25. The van der Waals surface area contributed by atoms with E-state index in [0.717, 1.165) is 20.2 Å². The Hall–Kier alpha value is -1.80. The van der Waals surface area contributed by atoms with Crippen molar-refractivity contribution in [2.45, 2.75) is 31.7 Å². The van der Waals surface area contributed by atoms with Gasteiger partial charge in [-0.05, 0) is 60.1 Å². The summed E-state index contributed by atoms with van der Waals surface area (Å²) in [5.41, 5.74) is -0.0715. The molecular weight excluding hydrogens is 345 g/mol. The van der Waals surface area contributed by atoms with Gasteiger partial charge in [0.15, 0.2) is 0 Å². The van der Waals surface area contributed by atoms with Crippen LogP contribution in [-0.2, 0) is 4.74 Å². The minimum atomic E-state index is -0.769. The number of aryl methyl sites for hydroxylation is 1. The van der Waals surface area contributed by atoms with Crippen molar-refractivity contribution < 1.29 is 13.9 Å². The Bertz CT molecular complexity index is 816. The van der Waals surface area contributed by atoms with Gasteiger partial charge in [-0.15, -0.1) is 5.10 Å². The van der Waals surface area contributed by atoms with Crippen LogP contribution in [0.1, 0.15) is 36.1 Å². The smallest absolute Gasteiger partial charge is 0.376 e. The highest BCUT2D eigenvalue weighted by Crippen LogP contribution is 2.29. The Balaban J connectivity index is 2.75. The quantitative estimate of drug-likeness (QED) is 0.785. The minimum absolute atomic E-state index is 0.0756. The molecule has 0 saturated heterocycles. The van der Waals surface area contributed by atoms with Gasteiger partial charge in [0.2, 0.25) is 5.82 Å². The minimum Gasteiger partial charge on any atom is -0.463 e. The maximum atomic E-state index is 14.3. The van der Waals surface area contributed by atoms with E-state index in [1.165, 1.54) is 19.2 Å². The maximum Gasteiger partial charge on any atom is 0.376 e. The molecule has 0 bridgehead atoms. The standard InChI is InChI=1S/C14H15ClFN3O3S/c1-7(2)18-12(13(20)22-4)17-19(14(18)21)10-6-11(23-15)8(3)5-9(10)16/h5-7H,1-4H3. The molecule has 0 saturated carbocycles. The molecule has 0 atom stereocenters. The molecule has 1 aromatic heterocycles. The first kappa shape index (κ1) is 17.6. The zero-order valence-corrected chi connectivity index (χ0v) is 14.5. The molecule has 0 aliphatic carbocycles. The molecule has 0 fully saturated rings. The van der Waals surface area contributed by atoms with Crippen LogP contribution in [0, 0.1) is 12.7 Å². The number of benzene rings is 1. The van der Waals surface area contributed by atoms with Crippen LogP contribution in [0.25, 0.3) is 5.69 Å². The number of hydrogen-bond donors (Lipinski definition) is 0. The topological polar surface area (TPSA) is 66.1 Å². The summed E-state index contributed by atoms with van der Waals surface area (Å²) in [5, 5.41) is 3.94. The van der Waals surface area contributed by atoms with Crippen LogP contribution in [0.5, 0.6) is 0 Å². The Morgan fingerprint density at radius 2 is 2.09 bits per heavy atom. The number of nitrogens with zero attached hydrogens (tertiary/aromatic N) is 3. The van der Waals surface area contributed by atoms with Gasteiger partial charge in [-0.3, -0.25) is 4.57 Å². The molecule has 0 spiro atoms. The van der Waals surface area contributed by atoms with Crippen LogP contribution in [0.15, 0.2) is 21.8 Å². The molecule has 9 heteroatoms. The molecule has 0 aliphatic rings. The molecule has 1 aromatic carbocycles.